The van der Waals surface area contributed by atoms with E-state index >= 15 is 0 Å². The van der Waals surface area contributed by atoms with Gasteiger partial charge in [0.25, 0.3) is 0 Å². The minimum Gasteiger partial charge on any atom is -0.478 e. The van der Waals surface area contributed by atoms with Gasteiger partial charge in [-0.2, -0.15) is 0 Å². The fraction of sp³-hybridized carbons (Fsp3) is 0.385. The summed E-state index contributed by atoms with van der Waals surface area (Å²) in [6.07, 6.45) is 0.853. The van der Waals surface area contributed by atoms with Gasteiger partial charge in [-0.05, 0) is 52.6 Å². The molecule has 1 aliphatic carbocycles. The molecule has 0 spiro atoms. The molecule has 2 N–H and O–H groups in total. The second-order valence-electron chi connectivity index (χ2n) is 5.23. The molecule has 1 amide bonds. The molecule has 1 unspecified atom stereocenters. The van der Waals surface area contributed by atoms with E-state index in [1.54, 1.807) is 18.2 Å². The third-order valence-electron chi connectivity index (χ3n) is 3.30. The third kappa shape index (κ3) is 2.66. The predicted molar refractivity (Wildman–Crippen MR) is 76.6 cm³/mol. The van der Waals surface area contributed by atoms with Crippen molar-refractivity contribution in [1.82, 2.24) is 0 Å². The number of hydrogen-bond donors (Lipinski definition) is 2. The average molecular weight is 359 g/mol. The van der Waals surface area contributed by atoms with E-state index in [4.69, 9.17) is 5.11 Å². The van der Waals surface area contributed by atoms with Gasteiger partial charge in [0.15, 0.2) is 0 Å². The van der Waals surface area contributed by atoms with Gasteiger partial charge in [-0.25, -0.2) is 4.79 Å². The Bertz CT molecular complexity index is 525. The first-order valence-electron chi connectivity index (χ1n) is 5.65. The van der Waals surface area contributed by atoms with E-state index < -0.39 is 5.97 Å². The van der Waals surface area contributed by atoms with Crippen LogP contribution in [0.15, 0.2) is 18.2 Å². The molecule has 1 atom stereocenters. The number of carbonyl (C=O) groups is 2. The Morgan fingerprint density at radius 3 is 2.56 bits per heavy atom. The van der Waals surface area contributed by atoms with Crippen molar-refractivity contribution in [3.8, 4) is 0 Å². The van der Waals surface area contributed by atoms with Crippen LogP contribution in [0.2, 0.25) is 0 Å². The second-order valence-corrected chi connectivity index (χ2v) is 6.48. The normalized spacial score (nSPS) is 20.3. The standard InChI is InChI=1S/C13H14INO3/c1-13(2)6-9(13)11(16)15-10-4-3-7(14)5-8(10)12(17)18/h3-5,9H,6H2,1-2H3,(H,15,16)(H,17,18). The zero-order chi connectivity index (χ0) is 13.5. The Balaban J connectivity index is 2.19. The second kappa shape index (κ2) is 4.53. The first-order valence-corrected chi connectivity index (χ1v) is 6.73. The Labute approximate surface area is 119 Å². The van der Waals surface area contributed by atoms with Gasteiger partial charge >= 0.3 is 5.97 Å². The number of halogens is 1. The molecule has 1 aromatic carbocycles. The Kier molecular flexibility index (Phi) is 3.35. The Morgan fingerprint density at radius 1 is 1.44 bits per heavy atom. The maximum absolute atomic E-state index is 11.9. The first-order chi connectivity index (χ1) is 8.31. The molecule has 4 nitrogen and oxygen atoms in total. The number of aromatic carboxylic acids is 1. The molecule has 0 aromatic heterocycles. The Morgan fingerprint density at radius 2 is 2.06 bits per heavy atom. The van der Waals surface area contributed by atoms with Crippen LogP contribution < -0.4 is 5.32 Å². The van der Waals surface area contributed by atoms with E-state index in [-0.39, 0.29) is 22.8 Å². The lowest BCUT2D eigenvalue weighted by Gasteiger charge is -2.09. The number of amides is 1. The molecule has 1 aromatic rings. The Hall–Kier alpha value is -1.11. The van der Waals surface area contributed by atoms with Crippen molar-refractivity contribution in [2.75, 3.05) is 5.32 Å². The van der Waals surface area contributed by atoms with Crippen molar-refractivity contribution in [2.45, 2.75) is 20.3 Å². The van der Waals surface area contributed by atoms with E-state index in [0.29, 0.717) is 5.69 Å². The first kappa shape index (κ1) is 13.3. The summed E-state index contributed by atoms with van der Waals surface area (Å²) in [6.45, 7) is 4.06. The quantitative estimate of drug-likeness (QED) is 0.816. The topological polar surface area (TPSA) is 66.4 Å². The maximum Gasteiger partial charge on any atom is 0.337 e. The van der Waals surface area contributed by atoms with Gasteiger partial charge < -0.3 is 10.4 Å². The van der Waals surface area contributed by atoms with Crippen LogP contribution in [0.3, 0.4) is 0 Å². The number of nitrogens with one attached hydrogen (secondary N) is 1. The molecule has 0 radical (unpaired) electrons. The lowest BCUT2D eigenvalue weighted by molar-refractivity contribution is -0.118. The van der Waals surface area contributed by atoms with Gasteiger partial charge in [0.2, 0.25) is 5.91 Å². The molecular weight excluding hydrogens is 345 g/mol. The van der Waals surface area contributed by atoms with Crippen LogP contribution in [0.4, 0.5) is 5.69 Å². The van der Waals surface area contributed by atoms with Crippen LogP contribution in [-0.4, -0.2) is 17.0 Å². The minimum absolute atomic E-state index is 0.0153. The van der Waals surface area contributed by atoms with E-state index in [0.717, 1.165) is 9.99 Å². The molecule has 0 aliphatic heterocycles. The largest absolute Gasteiger partial charge is 0.478 e. The van der Waals surface area contributed by atoms with Crippen molar-refractivity contribution in [3.63, 3.8) is 0 Å². The summed E-state index contributed by atoms with van der Waals surface area (Å²) in [6, 6.07) is 4.97. The fourth-order valence-corrected chi connectivity index (χ4v) is 2.43. The number of carbonyl (C=O) groups excluding carboxylic acids is 1. The smallest absolute Gasteiger partial charge is 0.337 e. The molecule has 5 heteroatoms. The highest BCUT2D eigenvalue weighted by Crippen LogP contribution is 2.52. The van der Waals surface area contributed by atoms with Gasteiger partial charge in [0, 0.05) is 9.49 Å². The van der Waals surface area contributed by atoms with Gasteiger partial charge in [0.05, 0.1) is 11.3 Å². The van der Waals surface area contributed by atoms with Gasteiger partial charge in [-0.3, -0.25) is 4.79 Å². The summed E-state index contributed by atoms with van der Waals surface area (Å²) >= 11 is 2.04. The molecule has 0 heterocycles. The van der Waals surface area contributed by atoms with Crippen LogP contribution in [-0.2, 0) is 4.79 Å². The molecule has 1 saturated carbocycles. The molecule has 2 rings (SSSR count). The minimum atomic E-state index is -1.03. The van der Waals surface area contributed by atoms with E-state index in [1.807, 2.05) is 36.4 Å². The summed E-state index contributed by atoms with van der Waals surface area (Å²) in [5, 5.41) is 11.8. The van der Waals surface area contributed by atoms with E-state index in [9.17, 15) is 9.59 Å². The summed E-state index contributed by atoms with van der Waals surface area (Å²) in [7, 11) is 0. The third-order valence-corrected chi connectivity index (χ3v) is 3.97. The molecule has 96 valence electrons. The maximum atomic E-state index is 11.9. The van der Waals surface area contributed by atoms with Crippen LogP contribution >= 0.6 is 22.6 Å². The molecule has 1 aliphatic rings. The number of carboxylic acids is 1. The number of hydrogen-bond acceptors (Lipinski definition) is 2. The predicted octanol–water partition coefficient (Wildman–Crippen LogP) is 2.97. The molecule has 18 heavy (non-hydrogen) atoms. The fourth-order valence-electron chi connectivity index (χ4n) is 1.94. The zero-order valence-electron chi connectivity index (χ0n) is 10.2. The highest BCUT2D eigenvalue weighted by Gasteiger charge is 2.50. The molecule has 1 fully saturated rings. The van der Waals surface area contributed by atoms with Crippen LogP contribution in [0.5, 0.6) is 0 Å². The van der Waals surface area contributed by atoms with Crippen LogP contribution in [0, 0.1) is 14.9 Å². The number of rotatable bonds is 3. The highest BCUT2D eigenvalue weighted by molar-refractivity contribution is 14.1. The van der Waals surface area contributed by atoms with Crippen LogP contribution in [0.25, 0.3) is 0 Å². The average Bonchev–Trinajstić information content (AvgIpc) is 2.90. The van der Waals surface area contributed by atoms with Crippen molar-refractivity contribution in [1.29, 1.82) is 0 Å². The molecular formula is C13H14INO3. The summed E-state index contributed by atoms with van der Waals surface area (Å²) in [5.41, 5.74) is 0.542. The van der Waals surface area contributed by atoms with Crippen molar-refractivity contribution >= 4 is 40.2 Å². The molecule has 0 saturated heterocycles. The monoisotopic (exact) mass is 359 g/mol. The summed E-state index contributed by atoms with van der Waals surface area (Å²) in [4.78, 5) is 23.1. The van der Waals surface area contributed by atoms with Gasteiger partial charge in [0.1, 0.15) is 0 Å². The lowest BCUT2D eigenvalue weighted by Crippen LogP contribution is -2.18. The highest BCUT2D eigenvalue weighted by atomic mass is 127. The lowest BCUT2D eigenvalue weighted by atomic mass is 10.1. The van der Waals surface area contributed by atoms with Gasteiger partial charge in [-0.1, -0.05) is 13.8 Å². The summed E-state index contributed by atoms with van der Waals surface area (Å²) < 4.78 is 0.828. The zero-order valence-corrected chi connectivity index (χ0v) is 12.3. The van der Waals surface area contributed by atoms with Crippen molar-refractivity contribution in [2.24, 2.45) is 11.3 Å². The van der Waals surface area contributed by atoms with Crippen LogP contribution in [0.1, 0.15) is 30.6 Å². The summed E-state index contributed by atoms with van der Waals surface area (Å²) in [5.74, 6) is -1.14. The number of carboxylic acid groups (broad SMARTS) is 1. The van der Waals surface area contributed by atoms with Gasteiger partial charge in [-0.15, -0.1) is 0 Å². The van der Waals surface area contributed by atoms with Crippen molar-refractivity contribution in [3.05, 3.63) is 27.3 Å². The SMILES string of the molecule is CC1(C)CC1C(=O)Nc1ccc(I)cc1C(=O)O. The molecule has 0 bridgehead atoms. The van der Waals surface area contributed by atoms with Crippen molar-refractivity contribution < 1.29 is 14.7 Å². The number of benzene rings is 1. The number of anilines is 1. The van der Waals surface area contributed by atoms with E-state index in [1.165, 1.54) is 0 Å². The van der Waals surface area contributed by atoms with E-state index in [2.05, 4.69) is 5.32 Å².